The number of aryl methyl sites for hydroxylation is 2. The smallest absolute Gasteiger partial charge is 0.338 e. The van der Waals surface area contributed by atoms with Gasteiger partial charge >= 0.3 is 11.9 Å². The van der Waals surface area contributed by atoms with Gasteiger partial charge in [0.15, 0.2) is 5.79 Å². The second-order valence-electron chi connectivity index (χ2n) is 9.62. The second-order valence-corrected chi connectivity index (χ2v) is 9.62. The highest BCUT2D eigenvalue weighted by Crippen LogP contribution is 2.38. The first-order valence-corrected chi connectivity index (χ1v) is 13.4. The number of benzene rings is 3. The van der Waals surface area contributed by atoms with E-state index >= 15 is 0 Å². The maximum Gasteiger partial charge on any atom is 0.338 e. The predicted octanol–water partition coefficient (Wildman–Crippen LogP) is 6.97. The highest BCUT2D eigenvalue weighted by atomic mass is 16.7. The lowest BCUT2D eigenvalue weighted by Crippen LogP contribution is -2.26. The van der Waals surface area contributed by atoms with Crippen molar-refractivity contribution in [3.63, 3.8) is 0 Å². The molecule has 39 heavy (non-hydrogen) atoms. The van der Waals surface area contributed by atoms with E-state index in [9.17, 15) is 9.59 Å². The lowest BCUT2D eigenvalue weighted by Gasteiger charge is -2.27. The summed E-state index contributed by atoms with van der Waals surface area (Å²) in [6.45, 7) is 7.62. The SMILES string of the molecule is CCCc1cc(C2(CC)OCCO2)ccc1-c1cc(C=Cc2ccc(C(=O)OC)c(C(=O)OC)c2)ccc1C. The van der Waals surface area contributed by atoms with Gasteiger partial charge in [-0.05, 0) is 71.0 Å². The average molecular weight is 529 g/mol. The van der Waals surface area contributed by atoms with Crippen LogP contribution in [0.5, 0.6) is 0 Å². The molecular weight excluding hydrogens is 492 g/mol. The molecule has 1 saturated heterocycles. The molecule has 6 nitrogen and oxygen atoms in total. The normalized spacial score (nSPS) is 14.5. The molecule has 1 aliphatic heterocycles. The Balaban J connectivity index is 1.69. The first-order valence-electron chi connectivity index (χ1n) is 13.4. The summed E-state index contributed by atoms with van der Waals surface area (Å²) in [6.07, 6.45) is 6.65. The van der Waals surface area contributed by atoms with Gasteiger partial charge in [0.05, 0.1) is 38.6 Å². The Labute approximate surface area is 230 Å². The highest BCUT2D eigenvalue weighted by molar-refractivity contribution is 6.03. The number of hydrogen-bond acceptors (Lipinski definition) is 6. The molecule has 3 aromatic carbocycles. The van der Waals surface area contributed by atoms with Crippen LogP contribution in [0.2, 0.25) is 0 Å². The van der Waals surface area contributed by atoms with E-state index in [-0.39, 0.29) is 11.1 Å². The Morgan fingerprint density at radius 3 is 2.10 bits per heavy atom. The van der Waals surface area contributed by atoms with Crippen LogP contribution in [0.25, 0.3) is 23.3 Å². The van der Waals surface area contributed by atoms with Crippen molar-refractivity contribution >= 4 is 24.1 Å². The summed E-state index contributed by atoms with van der Waals surface area (Å²) < 4.78 is 21.8. The van der Waals surface area contributed by atoms with Crippen molar-refractivity contribution in [2.45, 2.75) is 45.8 Å². The Kier molecular flexibility index (Phi) is 9.00. The molecule has 0 bridgehead atoms. The molecule has 1 fully saturated rings. The fraction of sp³-hybridized carbons (Fsp3) is 0.333. The fourth-order valence-electron chi connectivity index (χ4n) is 5.06. The van der Waals surface area contributed by atoms with Gasteiger partial charge in [0.2, 0.25) is 0 Å². The van der Waals surface area contributed by atoms with Crippen LogP contribution >= 0.6 is 0 Å². The molecule has 0 saturated carbocycles. The minimum Gasteiger partial charge on any atom is -0.465 e. The quantitative estimate of drug-likeness (QED) is 0.221. The van der Waals surface area contributed by atoms with Crippen LogP contribution in [0, 0.1) is 6.92 Å². The van der Waals surface area contributed by atoms with Crippen molar-refractivity contribution < 1.29 is 28.5 Å². The minimum atomic E-state index is -0.660. The van der Waals surface area contributed by atoms with Gasteiger partial charge in [-0.25, -0.2) is 9.59 Å². The van der Waals surface area contributed by atoms with Crippen molar-refractivity contribution in [2.24, 2.45) is 0 Å². The van der Waals surface area contributed by atoms with Crippen molar-refractivity contribution in [2.75, 3.05) is 27.4 Å². The van der Waals surface area contributed by atoms with E-state index < -0.39 is 17.7 Å². The molecule has 3 aromatic rings. The first kappa shape index (κ1) is 28.3. The van der Waals surface area contributed by atoms with Crippen LogP contribution < -0.4 is 0 Å². The molecule has 0 spiro atoms. The molecular formula is C33H36O6. The number of carbonyl (C=O) groups excluding carboxylic acids is 2. The molecule has 204 valence electrons. The Morgan fingerprint density at radius 2 is 1.46 bits per heavy atom. The largest absolute Gasteiger partial charge is 0.465 e. The zero-order valence-corrected chi connectivity index (χ0v) is 23.3. The fourth-order valence-corrected chi connectivity index (χ4v) is 5.06. The van der Waals surface area contributed by atoms with Crippen molar-refractivity contribution in [1.82, 2.24) is 0 Å². The summed E-state index contributed by atoms with van der Waals surface area (Å²) in [4.78, 5) is 24.4. The van der Waals surface area contributed by atoms with Crippen molar-refractivity contribution in [3.8, 4) is 11.1 Å². The first-order chi connectivity index (χ1) is 18.9. The molecule has 0 amide bonds. The van der Waals surface area contributed by atoms with Gasteiger partial charge in [-0.3, -0.25) is 0 Å². The Morgan fingerprint density at radius 1 is 0.821 bits per heavy atom. The summed E-state index contributed by atoms with van der Waals surface area (Å²) in [5, 5.41) is 0. The van der Waals surface area contributed by atoms with Gasteiger partial charge < -0.3 is 18.9 Å². The third-order valence-electron chi connectivity index (χ3n) is 7.16. The molecule has 0 N–H and O–H groups in total. The summed E-state index contributed by atoms with van der Waals surface area (Å²) in [5.74, 6) is -1.83. The van der Waals surface area contributed by atoms with Crippen LogP contribution in [-0.2, 0) is 31.2 Å². The maximum absolute atomic E-state index is 12.3. The van der Waals surface area contributed by atoms with Crippen LogP contribution in [0.1, 0.15) is 75.2 Å². The summed E-state index contributed by atoms with van der Waals surface area (Å²) >= 11 is 0. The molecule has 0 atom stereocenters. The molecule has 4 rings (SSSR count). The van der Waals surface area contributed by atoms with E-state index in [1.165, 1.54) is 36.5 Å². The van der Waals surface area contributed by atoms with Crippen molar-refractivity contribution in [1.29, 1.82) is 0 Å². The summed E-state index contributed by atoms with van der Waals surface area (Å²) in [6, 6.07) is 17.9. The molecule has 1 heterocycles. The van der Waals surface area contributed by atoms with Gasteiger partial charge in [0.25, 0.3) is 0 Å². The lowest BCUT2D eigenvalue weighted by molar-refractivity contribution is -0.167. The van der Waals surface area contributed by atoms with E-state index in [0.717, 1.165) is 36.0 Å². The maximum atomic E-state index is 12.3. The lowest BCUT2D eigenvalue weighted by atomic mass is 9.89. The third kappa shape index (κ3) is 5.97. The Bertz CT molecular complexity index is 1380. The topological polar surface area (TPSA) is 71.1 Å². The van der Waals surface area contributed by atoms with E-state index in [1.807, 2.05) is 12.2 Å². The van der Waals surface area contributed by atoms with Gasteiger partial charge in [-0.1, -0.05) is 62.8 Å². The summed E-state index contributed by atoms with van der Waals surface area (Å²) in [7, 11) is 2.57. The van der Waals surface area contributed by atoms with Crippen molar-refractivity contribution in [3.05, 3.63) is 93.5 Å². The predicted molar refractivity (Wildman–Crippen MR) is 153 cm³/mol. The van der Waals surface area contributed by atoms with Crippen LogP contribution in [0.15, 0.2) is 54.6 Å². The standard InChI is InChI=1S/C33H36O6/c1-6-8-25-21-26(33(7-2)38-17-18-39-33)14-16-27(25)29-19-23(10-9-22(29)3)11-12-24-13-15-28(31(34)36-4)30(20-24)32(35)37-5/h9-16,19-21H,6-8,17-18H2,1-5H3. The van der Waals surface area contributed by atoms with E-state index in [2.05, 4.69) is 57.2 Å². The number of carbonyl (C=O) groups is 2. The molecule has 0 radical (unpaired) electrons. The van der Waals surface area contributed by atoms with Gasteiger partial charge in [0.1, 0.15) is 0 Å². The summed E-state index contributed by atoms with van der Waals surface area (Å²) in [5.41, 5.74) is 8.02. The highest BCUT2D eigenvalue weighted by Gasteiger charge is 2.37. The monoisotopic (exact) mass is 528 g/mol. The number of ether oxygens (including phenoxy) is 4. The van der Waals surface area contributed by atoms with Crippen LogP contribution in [0.3, 0.4) is 0 Å². The van der Waals surface area contributed by atoms with Gasteiger partial charge in [-0.15, -0.1) is 0 Å². The van der Waals surface area contributed by atoms with Gasteiger partial charge in [0, 0.05) is 12.0 Å². The number of rotatable bonds is 9. The number of methoxy groups -OCH3 is 2. The molecule has 0 aromatic heterocycles. The third-order valence-corrected chi connectivity index (χ3v) is 7.16. The number of hydrogen-bond donors (Lipinski definition) is 0. The molecule has 1 aliphatic rings. The second kappa shape index (κ2) is 12.4. The Hall–Kier alpha value is -3.74. The molecule has 6 heteroatoms. The average Bonchev–Trinajstić information content (AvgIpc) is 3.46. The van der Waals surface area contributed by atoms with E-state index in [4.69, 9.17) is 18.9 Å². The molecule has 0 unspecified atom stereocenters. The zero-order valence-electron chi connectivity index (χ0n) is 23.3. The van der Waals surface area contributed by atoms with Crippen LogP contribution in [0.4, 0.5) is 0 Å². The number of esters is 2. The van der Waals surface area contributed by atoms with E-state index in [0.29, 0.717) is 13.2 Å². The minimum absolute atomic E-state index is 0.167. The molecule has 0 aliphatic carbocycles. The zero-order chi connectivity index (χ0) is 28.0. The van der Waals surface area contributed by atoms with Crippen LogP contribution in [-0.4, -0.2) is 39.4 Å². The van der Waals surface area contributed by atoms with Gasteiger partial charge in [-0.2, -0.15) is 0 Å². The van der Waals surface area contributed by atoms with E-state index in [1.54, 1.807) is 18.2 Å².